The summed E-state index contributed by atoms with van der Waals surface area (Å²) in [6, 6.07) is 6.76. The Labute approximate surface area is 85.9 Å². The predicted octanol–water partition coefficient (Wildman–Crippen LogP) is 1.45. The van der Waals surface area contributed by atoms with Crippen LogP contribution in [0.25, 0.3) is 0 Å². The normalized spacial score (nSPS) is 20.6. The van der Waals surface area contributed by atoms with E-state index in [1.54, 1.807) is 18.2 Å². The molecule has 0 aromatic heterocycles. The van der Waals surface area contributed by atoms with E-state index in [0.29, 0.717) is 11.3 Å². The number of para-hydroxylation sites is 1. The van der Waals surface area contributed by atoms with Gasteiger partial charge in [0, 0.05) is 11.3 Å². The first-order valence-electron chi connectivity index (χ1n) is 4.25. The van der Waals surface area contributed by atoms with E-state index < -0.39 is 0 Å². The number of benzene rings is 1. The minimum absolute atomic E-state index is 0.213. The average Bonchev–Trinajstić information content (AvgIpc) is 2.67. The molecular weight excluding hydrogens is 198 g/mol. The highest BCUT2D eigenvalue weighted by molar-refractivity contribution is 8.14. The maximum atomic E-state index is 10.5. The van der Waals surface area contributed by atoms with Crippen molar-refractivity contribution in [3.05, 3.63) is 29.8 Å². The van der Waals surface area contributed by atoms with E-state index in [2.05, 4.69) is 4.99 Å². The van der Waals surface area contributed by atoms with Crippen molar-refractivity contribution in [2.24, 2.45) is 4.99 Å². The lowest BCUT2D eigenvalue weighted by atomic mass is 10.2. The molecule has 0 saturated heterocycles. The van der Waals surface area contributed by atoms with Crippen LogP contribution in [0.5, 0.6) is 5.75 Å². The lowest BCUT2D eigenvalue weighted by molar-refractivity contribution is -0.108. The van der Waals surface area contributed by atoms with Crippen molar-refractivity contribution in [3.8, 4) is 5.75 Å². The molecule has 0 fully saturated rings. The molecule has 1 aromatic rings. The Morgan fingerprint density at radius 1 is 1.50 bits per heavy atom. The molecule has 0 spiro atoms. The number of hydrogen-bond donors (Lipinski definition) is 1. The van der Waals surface area contributed by atoms with Crippen LogP contribution in [0, 0.1) is 0 Å². The summed E-state index contributed by atoms with van der Waals surface area (Å²) in [6.07, 6.45) is 0.833. The zero-order valence-corrected chi connectivity index (χ0v) is 8.20. The fourth-order valence-electron chi connectivity index (χ4n) is 1.26. The molecule has 1 heterocycles. The van der Waals surface area contributed by atoms with Crippen molar-refractivity contribution in [2.45, 2.75) is 6.04 Å². The summed E-state index contributed by atoms with van der Waals surface area (Å²) in [6.45, 7) is 0. The van der Waals surface area contributed by atoms with Crippen LogP contribution in [0.2, 0.25) is 0 Å². The predicted molar refractivity (Wildman–Crippen MR) is 57.0 cm³/mol. The van der Waals surface area contributed by atoms with E-state index in [0.717, 1.165) is 11.3 Å². The molecule has 1 aliphatic rings. The number of phenols is 1. The Balaban J connectivity index is 2.33. The number of nitrogens with zero attached hydrogens (tertiary/aromatic N) is 1. The second-order valence-electron chi connectivity index (χ2n) is 2.97. The van der Waals surface area contributed by atoms with Gasteiger partial charge in [0.05, 0.1) is 0 Å². The number of thioether (sulfide) groups is 1. The highest BCUT2D eigenvalue weighted by Crippen LogP contribution is 2.27. The molecule has 0 saturated carbocycles. The summed E-state index contributed by atoms with van der Waals surface area (Å²) in [4.78, 5) is 14.7. The standard InChI is InChI=1S/C10H9NO2S/c12-5-7-6-14-10(11-7)8-3-1-2-4-9(8)13/h1-5,7,13H,6H2/t7-/m0/s1. The molecule has 14 heavy (non-hydrogen) atoms. The van der Waals surface area contributed by atoms with Gasteiger partial charge in [0.1, 0.15) is 23.1 Å². The quantitative estimate of drug-likeness (QED) is 0.747. The van der Waals surface area contributed by atoms with E-state index in [4.69, 9.17) is 0 Å². The second-order valence-corrected chi connectivity index (χ2v) is 3.97. The van der Waals surface area contributed by atoms with Crippen molar-refractivity contribution in [2.75, 3.05) is 5.75 Å². The van der Waals surface area contributed by atoms with Gasteiger partial charge in [-0.1, -0.05) is 12.1 Å². The largest absolute Gasteiger partial charge is 0.507 e. The molecule has 72 valence electrons. The SMILES string of the molecule is O=C[C@H]1CSC(c2ccccc2O)=N1. The Hall–Kier alpha value is -1.29. The van der Waals surface area contributed by atoms with Gasteiger partial charge in [0.2, 0.25) is 0 Å². The maximum Gasteiger partial charge on any atom is 0.145 e. The number of aldehydes is 1. The third-order valence-electron chi connectivity index (χ3n) is 1.97. The number of carbonyl (C=O) groups excluding carboxylic acids is 1. The second kappa shape index (κ2) is 3.84. The minimum Gasteiger partial charge on any atom is -0.507 e. The van der Waals surface area contributed by atoms with Crippen LogP contribution in [0.4, 0.5) is 0 Å². The van der Waals surface area contributed by atoms with E-state index in [-0.39, 0.29) is 11.8 Å². The summed E-state index contributed by atoms with van der Waals surface area (Å²) in [5.74, 6) is 0.887. The Bertz CT molecular complexity index is 389. The third-order valence-corrected chi connectivity index (χ3v) is 3.07. The lowest BCUT2D eigenvalue weighted by Crippen LogP contribution is -2.03. The lowest BCUT2D eigenvalue weighted by Gasteiger charge is -2.01. The van der Waals surface area contributed by atoms with E-state index in [1.807, 2.05) is 6.07 Å². The van der Waals surface area contributed by atoms with E-state index in [1.165, 1.54) is 11.8 Å². The topological polar surface area (TPSA) is 49.7 Å². The molecule has 0 unspecified atom stereocenters. The summed E-state index contributed by atoms with van der Waals surface area (Å²) in [5, 5.41) is 10.3. The Kier molecular flexibility index (Phi) is 2.54. The molecule has 1 N–H and O–H groups in total. The van der Waals surface area contributed by atoms with Gasteiger partial charge in [-0.25, -0.2) is 0 Å². The van der Waals surface area contributed by atoms with Gasteiger partial charge in [-0.2, -0.15) is 0 Å². The molecule has 1 aliphatic heterocycles. The number of aliphatic imine (C=N–C) groups is 1. The Morgan fingerprint density at radius 2 is 2.29 bits per heavy atom. The zero-order chi connectivity index (χ0) is 9.97. The first-order valence-corrected chi connectivity index (χ1v) is 5.24. The molecule has 2 rings (SSSR count). The minimum atomic E-state index is -0.255. The van der Waals surface area contributed by atoms with Gasteiger partial charge < -0.3 is 9.90 Å². The monoisotopic (exact) mass is 207 g/mol. The molecule has 0 amide bonds. The van der Waals surface area contributed by atoms with Crippen LogP contribution in [0.15, 0.2) is 29.3 Å². The molecule has 0 radical (unpaired) electrons. The van der Waals surface area contributed by atoms with Crippen molar-refractivity contribution >= 4 is 23.1 Å². The highest BCUT2D eigenvalue weighted by Gasteiger charge is 2.20. The van der Waals surface area contributed by atoms with Crippen molar-refractivity contribution in [1.82, 2.24) is 0 Å². The van der Waals surface area contributed by atoms with Gasteiger partial charge in [-0.15, -0.1) is 11.8 Å². The maximum absolute atomic E-state index is 10.5. The number of rotatable bonds is 2. The highest BCUT2D eigenvalue weighted by atomic mass is 32.2. The van der Waals surface area contributed by atoms with Gasteiger partial charge in [0.15, 0.2) is 0 Å². The first kappa shape index (κ1) is 9.27. The Morgan fingerprint density at radius 3 is 2.93 bits per heavy atom. The summed E-state index contributed by atoms with van der Waals surface area (Å²) >= 11 is 1.50. The summed E-state index contributed by atoms with van der Waals surface area (Å²) in [7, 11) is 0. The van der Waals surface area contributed by atoms with Crippen molar-refractivity contribution < 1.29 is 9.90 Å². The fraction of sp³-hybridized carbons (Fsp3) is 0.200. The van der Waals surface area contributed by atoms with Crippen LogP contribution in [0.1, 0.15) is 5.56 Å². The van der Waals surface area contributed by atoms with Crippen LogP contribution >= 0.6 is 11.8 Å². The molecule has 0 bridgehead atoms. The molecule has 3 nitrogen and oxygen atoms in total. The van der Waals surface area contributed by atoms with Gasteiger partial charge in [-0.05, 0) is 12.1 Å². The molecular formula is C10H9NO2S. The summed E-state index contributed by atoms with van der Waals surface area (Å²) in [5.41, 5.74) is 0.710. The van der Waals surface area contributed by atoms with Crippen LogP contribution in [-0.4, -0.2) is 28.2 Å². The van der Waals surface area contributed by atoms with Crippen LogP contribution in [0.3, 0.4) is 0 Å². The molecule has 4 heteroatoms. The molecule has 0 aliphatic carbocycles. The van der Waals surface area contributed by atoms with Crippen molar-refractivity contribution in [1.29, 1.82) is 0 Å². The zero-order valence-electron chi connectivity index (χ0n) is 7.38. The average molecular weight is 207 g/mol. The van der Waals surface area contributed by atoms with Crippen LogP contribution < -0.4 is 0 Å². The number of phenolic OH excluding ortho intramolecular Hbond substituents is 1. The fourth-order valence-corrected chi connectivity index (χ4v) is 2.28. The van der Waals surface area contributed by atoms with Gasteiger partial charge in [0.25, 0.3) is 0 Å². The van der Waals surface area contributed by atoms with E-state index >= 15 is 0 Å². The first-order chi connectivity index (χ1) is 6.81. The van der Waals surface area contributed by atoms with Gasteiger partial charge in [-0.3, -0.25) is 4.99 Å². The number of aromatic hydroxyl groups is 1. The van der Waals surface area contributed by atoms with Crippen LogP contribution in [-0.2, 0) is 4.79 Å². The molecule has 1 atom stereocenters. The summed E-state index contributed by atoms with van der Waals surface area (Å²) < 4.78 is 0. The van der Waals surface area contributed by atoms with Gasteiger partial charge >= 0.3 is 0 Å². The van der Waals surface area contributed by atoms with Crippen molar-refractivity contribution in [3.63, 3.8) is 0 Å². The number of hydrogen-bond acceptors (Lipinski definition) is 4. The van der Waals surface area contributed by atoms with E-state index in [9.17, 15) is 9.90 Å². The number of carbonyl (C=O) groups is 1. The molecule has 1 aromatic carbocycles. The smallest absolute Gasteiger partial charge is 0.145 e. The third kappa shape index (κ3) is 1.65.